The van der Waals surface area contributed by atoms with Crippen molar-refractivity contribution in [2.24, 2.45) is 0 Å². The average molecular weight is 711 g/mol. The van der Waals surface area contributed by atoms with Crippen LogP contribution >= 0.6 is 0 Å². The van der Waals surface area contributed by atoms with E-state index in [1.165, 1.54) is 24.3 Å². The molecule has 0 aromatic heterocycles. The van der Waals surface area contributed by atoms with Crippen LogP contribution in [0, 0.1) is 5.82 Å². The van der Waals surface area contributed by atoms with Crippen LogP contribution in [0.5, 0.6) is 11.5 Å². The molecule has 0 aliphatic heterocycles. The van der Waals surface area contributed by atoms with Crippen molar-refractivity contribution in [3.8, 4) is 22.6 Å². The van der Waals surface area contributed by atoms with Gasteiger partial charge in [-0.25, -0.2) is 18.8 Å². The molecule has 13 heteroatoms. The Bertz CT molecular complexity index is 1540. The van der Waals surface area contributed by atoms with E-state index in [4.69, 9.17) is 14.2 Å². The first-order valence-electron chi connectivity index (χ1n) is 16.4. The van der Waals surface area contributed by atoms with Crippen LogP contribution in [-0.2, 0) is 14.3 Å². The van der Waals surface area contributed by atoms with E-state index >= 15 is 0 Å². The highest BCUT2D eigenvalue weighted by atomic mass is 19.4. The normalized spacial score (nSPS) is 12.2. The minimum atomic E-state index is -5.99. The van der Waals surface area contributed by atoms with Gasteiger partial charge in [-0.1, -0.05) is 50.5 Å². The molecule has 3 rings (SSSR count). The second kappa shape index (κ2) is 19.0. The maximum atomic E-state index is 14.7. The van der Waals surface area contributed by atoms with Crippen LogP contribution in [0.2, 0.25) is 0 Å². The first-order chi connectivity index (χ1) is 23.7. The van der Waals surface area contributed by atoms with E-state index in [2.05, 4.69) is 11.7 Å². The summed E-state index contributed by atoms with van der Waals surface area (Å²) in [5.41, 5.74) is 1.82. The lowest BCUT2D eigenvalue weighted by Crippen LogP contribution is -2.45. The molecule has 1 atom stereocenters. The largest absolute Gasteiger partial charge is 0.494 e. The Hall–Kier alpha value is -4.55. The number of esters is 3. The van der Waals surface area contributed by atoms with Gasteiger partial charge in [-0.2, -0.15) is 22.0 Å². The number of benzene rings is 3. The van der Waals surface area contributed by atoms with Gasteiger partial charge in [0.25, 0.3) is 0 Å². The van der Waals surface area contributed by atoms with Crippen LogP contribution in [0.3, 0.4) is 0 Å². The topological polar surface area (TPSA) is 88.1 Å². The zero-order valence-electron chi connectivity index (χ0n) is 27.8. The minimum absolute atomic E-state index is 0.0198. The number of rotatable bonds is 19. The zero-order valence-corrected chi connectivity index (χ0v) is 27.8. The molecule has 0 aliphatic carbocycles. The lowest BCUT2D eigenvalue weighted by Gasteiger charge is -2.17. The smallest absolute Gasteiger partial charge is 0.465 e. The number of unbranched alkanes of at least 4 members (excludes halogenated alkanes) is 6. The van der Waals surface area contributed by atoms with E-state index in [1.807, 2.05) is 12.1 Å². The molecule has 0 radical (unpaired) electrons. The van der Waals surface area contributed by atoms with Crippen molar-refractivity contribution >= 4 is 17.9 Å². The van der Waals surface area contributed by atoms with Gasteiger partial charge in [0, 0.05) is 0 Å². The minimum Gasteiger partial charge on any atom is -0.494 e. The molecule has 50 heavy (non-hydrogen) atoms. The maximum Gasteiger partial charge on any atom is 0.465 e. The molecule has 0 saturated carbocycles. The molecule has 272 valence electrons. The maximum absolute atomic E-state index is 14.7. The lowest BCUT2D eigenvalue weighted by atomic mass is 10.0. The fourth-order valence-electron chi connectivity index (χ4n) is 4.70. The monoisotopic (exact) mass is 710 g/mol. The molecule has 0 spiro atoms. The second-order valence-corrected chi connectivity index (χ2v) is 11.7. The first kappa shape index (κ1) is 39.9. The van der Waals surface area contributed by atoms with E-state index in [9.17, 15) is 40.7 Å². The average Bonchev–Trinajstić information content (AvgIpc) is 3.08. The Morgan fingerprint density at radius 1 is 0.700 bits per heavy atom. The highest BCUT2D eigenvalue weighted by Gasteiger charge is 2.64. The molecular weight excluding hydrogens is 670 g/mol. The molecule has 7 nitrogen and oxygen atoms in total. The molecular formula is C37H40F6O7. The molecule has 3 aromatic rings. The standard InChI is InChI=1S/C37H40F6O7/c1-3-4-5-8-11-25(2)49-34(45)29-18-21-32(31(38)24-29)50-33(44)28-14-12-26(13-15-28)27-16-19-30(20-17-27)47-22-9-6-7-10-23-48-35(46)36(39,40)37(41,42)43/h12-21,24-25H,3-11,22-23H2,1-2H3/t25-/m0/s1. The van der Waals surface area contributed by atoms with E-state index in [0.29, 0.717) is 31.6 Å². The third-order valence-corrected chi connectivity index (χ3v) is 7.60. The number of ether oxygens (including phenoxy) is 4. The van der Waals surface area contributed by atoms with Crippen LogP contribution < -0.4 is 9.47 Å². The number of carbonyl (C=O) groups excluding carboxylic acids is 3. The van der Waals surface area contributed by atoms with Gasteiger partial charge in [-0.3, -0.25) is 0 Å². The van der Waals surface area contributed by atoms with Gasteiger partial charge in [0.15, 0.2) is 11.6 Å². The quantitative estimate of drug-likeness (QED) is 0.0530. The van der Waals surface area contributed by atoms with Crippen LogP contribution in [0.4, 0.5) is 26.3 Å². The number of hydrogen-bond acceptors (Lipinski definition) is 7. The molecule has 0 amide bonds. The van der Waals surface area contributed by atoms with Gasteiger partial charge in [-0.05, 0) is 99.0 Å². The van der Waals surface area contributed by atoms with E-state index in [-0.39, 0.29) is 29.4 Å². The van der Waals surface area contributed by atoms with Crippen molar-refractivity contribution in [1.82, 2.24) is 0 Å². The molecule has 0 aliphatic rings. The highest BCUT2D eigenvalue weighted by Crippen LogP contribution is 2.36. The van der Waals surface area contributed by atoms with Gasteiger partial charge in [0.1, 0.15) is 5.75 Å². The Labute approximate surface area is 286 Å². The Morgan fingerprint density at radius 2 is 1.28 bits per heavy atom. The summed E-state index contributed by atoms with van der Waals surface area (Å²) in [4.78, 5) is 36.1. The highest BCUT2D eigenvalue weighted by molar-refractivity contribution is 5.92. The summed E-state index contributed by atoms with van der Waals surface area (Å²) < 4.78 is 97.1. The Kier molecular flexibility index (Phi) is 15.2. The van der Waals surface area contributed by atoms with Gasteiger partial charge in [0.05, 0.1) is 30.4 Å². The van der Waals surface area contributed by atoms with Crippen LogP contribution in [0.15, 0.2) is 66.7 Å². The number of hydrogen-bond donors (Lipinski definition) is 0. The van der Waals surface area contributed by atoms with Crippen molar-refractivity contribution in [3.05, 3.63) is 83.7 Å². The van der Waals surface area contributed by atoms with Crippen molar-refractivity contribution in [3.63, 3.8) is 0 Å². The summed E-state index contributed by atoms with van der Waals surface area (Å²) in [7, 11) is 0. The fourth-order valence-corrected chi connectivity index (χ4v) is 4.70. The molecule has 0 heterocycles. The second-order valence-electron chi connectivity index (χ2n) is 11.7. The third kappa shape index (κ3) is 12.1. The van der Waals surface area contributed by atoms with Crippen molar-refractivity contribution < 1.29 is 59.7 Å². The summed E-state index contributed by atoms with van der Waals surface area (Å²) in [5.74, 6) is -10.2. The summed E-state index contributed by atoms with van der Waals surface area (Å²) in [6.45, 7) is 3.69. The third-order valence-electron chi connectivity index (χ3n) is 7.60. The van der Waals surface area contributed by atoms with Crippen molar-refractivity contribution in [2.75, 3.05) is 13.2 Å². The SMILES string of the molecule is CCCCCC[C@H](C)OC(=O)c1ccc(OC(=O)c2ccc(-c3ccc(OCCCCCCOC(=O)C(F)(F)C(F)(F)F)cc3)cc2)c(F)c1. The zero-order chi connectivity index (χ0) is 36.7. The molecule has 0 bridgehead atoms. The number of alkyl halides is 5. The van der Waals surface area contributed by atoms with E-state index in [0.717, 1.165) is 49.3 Å². The van der Waals surface area contributed by atoms with E-state index < -0.39 is 42.4 Å². The predicted octanol–water partition coefficient (Wildman–Crippen LogP) is 9.91. The molecule has 0 saturated heterocycles. The summed E-state index contributed by atoms with van der Waals surface area (Å²) in [5, 5.41) is 0. The predicted molar refractivity (Wildman–Crippen MR) is 173 cm³/mol. The van der Waals surface area contributed by atoms with Crippen LogP contribution in [0.1, 0.15) is 92.4 Å². The van der Waals surface area contributed by atoms with Crippen LogP contribution in [0.25, 0.3) is 11.1 Å². The van der Waals surface area contributed by atoms with Gasteiger partial charge < -0.3 is 18.9 Å². The molecule has 3 aromatic carbocycles. The van der Waals surface area contributed by atoms with E-state index in [1.54, 1.807) is 31.2 Å². The Balaban J connectivity index is 1.40. The van der Waals surface area contributed by atoms with Gasteiger partial charge in [0.2, 0.25) is 0 Å². The summed E-state index contributed by atoms with van der Waals surface area (Å²) in [6.07, 6.45) is 0.349. The first-order valence-corrected chi connectivity index (χ1v) is 16.4. The molecule has 0 fully saturated rings. The molecule has 0 unspecified atom stereocenters. The van der Waals surface area contributed by atoms with Crippen LogP contribution in [-0.4, -0.2) is 49.3 Å². The van der Waals surface area contributed by atoms with Gasteiger partial charge >= 0.3 is 30.0 Å². The van der Waals surface area contributed by atoms with Crippen molar-refractivity contribution in [1.29, 1.82) is 0 Å². The van der Waals surface area contributed by atoms with Crippen molar-refractivity contribution in [2.45, 2.75) is 89.8 Å². The van der Waals surface area contributed by atoms with Gasteiger partial charge in [-0.15, -0.1) is 0 Å². The summed E-state index contributed by atoms with van der Waals surface area (Å²) >= 11 is 0. The Morgan fingerprint density at radius 3 is 1.88 bits per heavy atom. The summed E-state index contributed by atoms with van der Waals surface area (Å²) in [6, 6.07) is 17.1. The lowest BCUT2D eigenvalue weighted by molar-refractivity contribution is -0.280. The number of carbonyl (C=O) groups is 3. The molecule has 0 N–H and O–H groups in total. The fraction of sp³-hybridized carbons (Fsp3) is 0.432. The number of halogens is 6.